The molecule has 0 spiro atoms. The molecule has 1 aliphatic rings. The monoisotopic (exact) mass is 262 g/mol. The summed E-state index contributed by atoms with van der Waals surface area (Å²) in [6.45, 7) is 10.5. The lowest BCUT2D eigenvalue weighted by Crippen LogP contribution is -2.08. The Balaban J connectivity index is 0.000000467. The number of hydrogen-bond acceptors (Lipinski definition) is 0. The summed E-state index contributed by atoms with van der Waals surface area (Å²) in [7, 11) is 0. The molecule has 0 N–H and O–H groups in total. The van der Waals surface area contributed by atoms with E-state index in [0.29, 0.717) is 0 Å². The van der Waals surface area contributed by atoms with Gasteiger partial charge in [0.1, 0.15) is 0 Å². The number of hydrogen-bond donors (Lipinski definition) is 0. The Hall–Kier alpha value is -0.780. The van der Waals surface area contributed by atoms with Crippen molar-refractivity contribution < 1.29 is 0 Å². The van der Waals surface area contributed by atoms with E-state index >= 15 is 0 Å². The molecule has 1 aromatic rings. The van der Waals surface area contributed by atoms with Crippen molar-refractivity contribution in [2.24, 2.45) is 11.8 Å². The third-order valence-corrected chi connectivity index (χ3v) is 3.09. The Morgan fingerprint density at radius 2 is 1.37 bits per heavy atom. The molecule has 0 aromatic heterocycles. The molecule has 0 heterocycles. The molecule has 0 radical (unpaired) electrons. The lowest BCUT2D eigenvalue weighted by molar-refractivity contribution is 0.356. The third kappa shape index (κ3) is 10.8. The van der Waals surface area contributed by atoms with Crippen LogP contribution in [0, 0.1) is 11.8 Å². The van der Waals surface area contributed by atoms with Gasteiger partial charge in [0.15, 0.2) is 0 Å². The van der Waals surface area contributed by atoms with Crippen LogP contribution in [0.4, 0.5) is 0 Å². The largest absolute Gasteiger partial charge is 0.0683 e. The molecule has 0 bridgehead atoms. The number of rotatable bonds is 2. The van der Waals surface area contributed by atoms with Gasteiger partial charge in [0, 0.05) is 0 Å². The number of benzene rings is 1. The average molecular weight is 262 g/mol. The predicted octanol–water partition coefficient (Wildman–Crippen LogP) is 6.50. The first kappa shape index (κ1) is 18.2. The second kappa shape index (κ2) is 12.3. The fourth-order valence-electron chi connectivity index (χ4n) is 2.34. The van der Waals surface area contributed by atoms with Gasteiger partial charge in [-0.05, 0) is 23.8 Å². The summed E-state index contributed by atoms with van der Waals surface area (Å²) in [4.78, 5) is 0. The van der Waals surface area contributed by atoms with E-state index in [-0.39, 0.29) is 0 Å². The van der Waals surface area contributed by atoms with Crippen LogP contribution in [0.2, 0.25) is 0 Å². The van der Waals surface area contributed by atoms with E-state index in [4.69, 9.17) is 0 Å². The van der Waals surface area contributed by atoms with Crippen LogP contribution in [0.15, 0.2) is 30.3 Å². The maximum atomic E-state index is 2.26. The summed E-state index contributed by atoms with van der Waals surface area (Å²) < 4.78 is 0. The summed E-state index contributed by atoms with van der Waals surface area (Å²) >= 11 is 0. The molecule has 2 rings (SSSR count). The van der Waals surface area contributed by atoms with Crippen LogP contribution in [0.5, 0.6) is 0 Å². The van der Waals surface area contributed by atoms with Crippen molar-refractivity contribution in [2.45, 2.75) is 73.1 Å². The highest BCUT2D eigenvalue weighted by Gasteiger charge is 2.13. The third-order valence-electron chi connectivity index (χ3n) is 3.09. The van der Waals surface area contributed by atoms with Crippen molar-refractivity contribution in [1.29, 1.82) is 0 Å². The standard InChI is InChI=1S/C13H18.C4H10.C2H6/c1-3-7-12(8-4-1)11-13-9-5-2-6-10-13;1-4(2)3;1-2/h1,3-4,7-8,13H,2,5-6,9-11H2;4H,1-3H3;1-2H3. The molecule has 110 valence electrons. The molecule has 1 aromatic carbocycles. The molecule has 1 aliphatic carbocycles. The first-order valence-corrected chi connectivity index (χ1v) is 8.22. The van der Waals surface area contributed by atoms with E-state index in [9.17, 15) is 0 Å². The first-order chi connectivity index (χ1) is 9.18. The molecule has 19 heavy (non-hydrogen) atoms. The van der Waals surface area contributed by atoms with E-state index in [1.807, 2.05) is 13.8 Å². The van der Waals surface area contributed by atoms with Crippen molar-refractivity contribution in [3.05, 3.63) is 35.9 Å². The van der Waals surface area contributed by atoms with Gasteiger partial charge >= 0.3 is 0 Å². The van der Waals surface area contributed by atoms with Gasteiger partial charge in [0.05, 0.1) is 0 Å². The van der Waals surface area contributed by atoms with Gasteiger partial charge in [-0.15, -0.1) is 0 Å². The van der Waals surface area contributed by atoms with Gasteiger partial charge in [0.25, 0.3) is 0 Å². The molecular formula is C19H34. The molecule has 0 unspecified atom stereocenters. The maximum Gasteiger partial charge on any atom is -0.0250 e. The van der Waals surface area contributed by atoms with Crippen molar-refractivity contribution in [2.75, 3.05) is 0 Å². The summed E-state index contributed by atoms with van der Waals surface area (Å²) in [5.41, 5.74) is 1.52. The Kier molecular flexibility index (Phi) is 11.8. The van der Waals surface area contributed by atoms with Crippen LogP contribution in [0.1, 0.15) is 72.3 Å². The molecule has 0 aliphatic heterocycles. The topological polar surface area (TPSA) is 0 Å². The highest BCUT2D eigenvalue weighted by Crippen LogP contribution is 2.26. The van der Waals surface area contributed by atoms with Crippen molar-refractivity contribution >= 4 is 0 Å². The predicted molar refractivity (Wildman–Crippen MR) is 88.6 cm³/mol. The van der Waals surface area contributed by atoms with E-state index in [1.165, 1.54) is 44.1 Å². The summed E-state index contributed by atoms with van der Waals surface area (Å²) in [5.74, 6) is 1.80. The van der Waals surface area contributed by atoms with Crippen molar-refractivity contribution in [3.63, 3.8) is 0 Å². The lowest BCUT2D eigenvalue weighted by atomic mass is 9.85. The maximum absolute atomic E-state index is 2.26. The fourth-order valence-corrected chi connectivity index (χ4v) is 2.34. The fraction of sp³-hybridized carbons (Fsp3) is 0.684. The van der Waals surface area contributed by atoms with Gasteiger partial charge in [0.2, 0.25) is 0 Å². The van der Waals surface area contributed by atoms with Crippen molar-refractivity contribution in [3.8, 4) is 0 Å². The highest BCUT2D eigenvalue weighted by molar-refractivity contribution is 5.15. The van der Waals surface area contributed by atoms with Crippen LogP contribution in [-0.4, -0.2) is 0 Å². The minimum Gasteiger partial charge on any atom is -0.0683 e. The molecule has 0 nitrogen and oxygen atoms in total. The van der Waals surface area contributed by atoms with Gasteiger partial charge in [-0.25, -0.2) is 0 Å². The molecule has 0 heteroatoms. The second-order valence-corrected chi connectivity index (χ2v) is 5.93. The molecule has 0 saturated heterocycles. The highest BCUT2D eigenvalue weighted by atomic mass is 14.2. The second-order valence-electron chi connectivity index (χ2n) is 5.93. The summed E-state index contributed by atoms with van der Waals surface area (Å²) in [5, 5.41) is 0. The zero-order valence-corrected chi connectivity index (χ0v) is 13.8. The Bertz CT molecular complexity index is 265. The van der Waals surface area contributed by atoms with E-state index < -0.39 is 0 Å². The zero-order valence-electron chi connectivity index (χ0n) is 13.8. The normalized spacial score (nSPS) is 15.1. The van der Waals surface area contributed by atoms with E-state index in [1.54, 1.807) is 0 Å². The molecule has 1 saturated carbocycles. The van der Waals surface area contributed by atoms with Gasteiger partial charge in [-0.1, -0.05) is 97.1 Å². The van der Waals surface area contributed by atoms with Crippen LogP contribution in [0.25, 0.3) is 0 Å². The van der Waals surface area contributed by atoms with E-state index in [2.05, 4.69) is 51.1 Å². The molecular weight excluding hydrogens is 228 g/mol. The Morgan fingerprint density at radius 1 is 0.895 bits per heavy atom. The minimum absolute atomic E-state index is 0.833. The van der Waals surface area contributed by atoms with Crippen LogP contribution in [0.3, 0.4) is 0 Å². The van der Waals surface area contributed by atoms with Crippen LogP contribution >= 0.6 is 0 Å². The molecule has 0 atom stereocenters. The molecule has 1 fully saturated rings. The van der Waals surface area contributed by atoms with E-state index in [0.717, 1.165) is 11.8 Å². The smallest absolute Gasteiger partial charge is 0.0250 e. The van der Waals surface area contributed by atoms with Crippen LogP contribution < -0.4 is 0 Å². The summed E-state index contributed by atoms with van der Waals surface area (Å²) in [6.07, 6.45) is 8.59. The quantitative estimate of drug-likeness (QED) is 0.571. The average Bonchev–Trinajstić information content (AvgIpc) is 2.43. The Labute approximate surface area is 121 Å². The van der Waals surface area contributed by atoms with Gasteiger partial charge in [-0.2, -0.15) is 0 Å². The van der Waals surface area contributed by atoms with Crippen molar-refractivity contribution in [1.82, 2.24) is 0 Å². The zero-order chi connectivity index (χ0) is 14.5. The first-order valence-electron chi connectivity index (χ1n) is 8.22. The minimum atomic E-state index is 0.833. The van der Waals surface area contributed by atoms with Crippen LogP contribution in [-0.2, 0) is 6.42 Å². The summed E-state index contributed by atoms with van der Waals surface area (Å²) in [6, 6.07) is 10.9. The molecule has 0 amide bonds. The van der Waals surface area contributed by atoms with Gasteiger partial charge < -0.3 is 0 Å². The lowest BCUT2D eigenvalue weighted by Gasteiger charge is -2.21. The van der Waals surface area contributed by atoms with Gasteiger partial charge in [-0.3, -0.25) is 0 Å². The Morgan fingerprint density at radius 3 is 1.84 bits per heavy atom. The SMILES string of the molecule is CC.CC(C)C.c1ccc(CC2CCCCC2)cc1.